The first-order valence-corrected chi connectivity index (χ1v) is 10.4. The summed E-state index contributed by atoms with van der Waals surface area (Å²) in [5.41, 5.74) is -0.708. The first-order valence-electron chi connectivity index (χ1n) is 9.87. The zero-order valence-corrected chi connectivity index (χ0v) is 16.8. The van der Waals surface area contributed by atoms with E-state index in [0.717, 1.165) is 24.8 Å². The van der Waals surface area contributed by atoms with Gasteiger partial charge in [-0.3, -0.25) is 14.4 Å². The highest BCUT2D eigenvalue weighted by molar-refractivity contribution is 6.42. The number of carbonyl (C=O) groups is 3. The van der Waals surface area contributed by atoms with Crippen LogP contribution in [0.15, 0.2) is 23.8 Å². The van der Waals surface area contributed by atoms with Gasteiger partial charge in [-0.05, 0) is 66.9 Å². The number of rotatable bonds is 2. The molecule has 0 aromatic heterocycles. The third-order valence-corrected chi connectivity index (χ3v) is 8.81. The lowest BCUT2D eigenvalue weighted by Gasteiger charge is -2.58. The van der Waals surface area contributed by atoms with E-state index in [0.29, 0.717) is 24.3 Å². The SMILES string of the molecule is C=C1C[C@H]2[C@@H]3CCC4=CC(=O)C(=O)C[C@]4(C)[C@H]3CC[C@]2(C)[C@@]1(O)C(=O)CCl. The molecule has 0 heterocycles. The van der Waals surface area contributed by atoms with Crippen LogP contribution >= 0.6 is 11.6 Å². The lowest BCUT2D eigenvalue weighted by Crippen LogP contribution is -2.58. The lowest BCUT2D eigenvalue weighted by molar-refractivity contribution is -0.155. The highest BCUT2D eigenvalue weighted by atomic mass is 35.5. The van der Waals surface area contributed by atoms with E-state index in [-0.39, 0.29) is 46.9 Å². The Bertz CT molecular complexity index is 798. The van der Waals surface area contributed by atoms with E-state index in [1.165, 1.54) is 0 Å². The fourth-order valence-corrected chi connectivity index (χ4v) is 7.24. The average molecular weight is 391 g/mol. The van der Waals surface area contributed by atoms with E-state index in [1.54, 1.807) is 6.08 Å². The van der Waals surface area contributed by atoms with Gasteiger partial charge in [-0.2, -0.15) is 0 Å². The molecule has 0 saturated heterocycles. The Morgan fingerprint density at radius 2 is 2.00 bits per heavy atom. The lowest BCUT2D eigenvalue weighted by atomic mass is 9.46. The predicted molar refractivity (Wildman–Crippen MR) is 102 cm³/mol. The van der Waals surface area contributed by atoms with Crippen molar-refractivity contribution in [2.45, 2.75) is 58.0 Å². The molecule has 0 aliphatic heterocycles. The topological polar surface area (TPSA) is 71.4 Å². The number of fused-ring (bicyclic) bond motifs is 5. The Morgan fingerprint density at radius 1 is 1.30 bits per heavy atom. The van der Waals surface area contributed by atoms with Gasteiger partial charge in [-0.1, -0.05) is 26.0 Å². The van der Waals surface area contributed by atoms with Crippen LogP contribution in [-0.4, -0.2) is 33.9 Å². The number of alkyl halides is 1. The van der Waals surface area contributed by atoms with Crippen LogP contribution in [0.5, 0.6) is 0 Å². The van der Waals surface area contributed by atoms with E-state index in [9.17, 15) is 19.5 Å². The van der Waals surface area contributed by atoms with Gasteiger partial charge in [0.05, 0.1) is 5.88 Å². The average Bonchev–Trinajstić information content (AvgIpc) is 2.83. The minimum Gasteiger partial charge on any atom is -0.377 e. The summed E-state index contributed by atoms with van der Waals surface area (Å²) in [5, 5.41) is 11.4. The third-order valence-electron chi connectivity index (χ3n) is 8.56. The standard InChI is InChI=1S/C22H27ClO4/c1-12-8-16-14-5-4-13-9-17(24)18(25)10-20(13,2)15(14)6-7-21(16,3)22(12,27)19(26)11-23/h9,14-16,27H,1,4-8,10-11H2,2-3H3/t14-,15+,16+,20+,21+,22+/m1/s1. The normalized spacial score (nSPS) is 46.4. The number of allylic oxidation sites excluding steroid dienone is 1. The number of ketones is 3. The van der Waals surface area contributed by atoms with Crippen LogP contribution in [-0.2, 0) is 14.4 Å². The molecule has 4 nitrogen and oxygen atoms in total. The molecule has 1 N–H and O–H groups in total. The molecular weight excluding hydrogens is 364 g/mol. The maximum Gasteiger partial charge on any atom is 0.221 e. The monoisotopic (exact) mass is 390 g/mol. The molecule has 4 aliphatic rings. The van der Waals surface area contributed by atoms with Crippen LogP contribution in [0.1, 0.15) is 52.4 Å². The molecule has 4 rings (SSSR count). The zero-order valence-electron chi connectivity index (χ0n) is 16.0. The summed E-state index contributed by atoms with van der Waals surface area (Å²) in [6, 6.07) is 0. The second kappa shape index (κ2) is 5.87. The van der Waals surface area contributed by atoms with Crippen LogP contribution in [0.4, 0.5) is 0 Å². The van der Waals surface area contributed by atoms with Gasteiger partial charge in [0.2, 0.25) is 11.6 Å². The molecule has 6 atom stereocenters. The molecule has 0 aromatic rings. The summed E-state index contributed by atoms with van der Waals surface area (Å²) in [7, 11) is 0. The van der Waals surface area contributed by atoms with Gasteiger partial charge in [0.25, 0.3) is 0 Å². The van der Waals surface area contributed by atoms with Crippen molar-refractivity contribution in [3.8, 4) is 0 Å². The van der Waals surface area contributed by atoms with Gasteiger partial charge in [-0.15, -0.1) is 11.6 Å². The van der Waals surface area contributed by atoms with Crippen LogP contribution in [0, 0.1) is 28.6 Å². The number of hydrogen-bond acceptors (Lipinski definition) is 4. The minimum atomic E-state index is -1.56. The first-order chi connectivity index (χ1) is 12.6. The van der Waals surface area contributed by atoms with Crippen molar-refractivity contribution >= 4 is 29.0 Å². The van der Waals surface area contributed by atoms with Gasteiger partial charge >= 0.3 is 0 Å². The van der Waals surface area contributed by atoms with Crippen LogP contribution in [0.25, 0.3) is 0 Å². The Labute approximate surface area is 165 Å². The van der Waals surface area contributed by atoms with Crippen LogP contribution < -0.4 is 0 Å². The highest BCUT2D eigenvalue weighted by Gasteiger charge is 2.67. The Kier molecular flexibility index (Phi) is 4.15. The van der Waals surface area contributed by atoms with Gasteiger partial charge in [0.15, 0.2) is 11.4 Å². The van der Waals surface area contributed by atoms with Crippen molar-refractivity contribution in [2.75, 3.05) is 5.88 Å². The smallest absolute Gasteiger partial charge is 0.221 e. The molecule has 146 valence electrons. The summed E-state index contributed by atoms with van der Waals surface area (Å²) < 4.78 is 0. The van der Waals surface area contributed by atoms with Gasteiger partial charge < -0.3 is 5.11 Å². The number of hydrogen-bond donors (Lipinski definition) is 1. The molecule has 0 bridgehead atoms. The van der Waals surface area contributed by atoms with Crippen LogP contribution in [0.2, 0.25) is 0 Å². The van der Waals surface area contributed by atoms with Crippen LogP contribution in [0.3, 0.4) is 0 Å². The van der Waals surface area contributed by atoms with Crippen molar-refractivity contribution in [1.82, 2.24) is 0 Å². The van der Waals surface area contributed by atoms with Crippen molar-refractivity contribution < 1.29 is 19.5 Å². The third kappa shape index (κ3) is 2.23. The molecule has 0 unspecified atom stereocenters. The van der Waals surface area contributed by atoms with E-state index in [4.69, 9.17) is 11.6 Å². The van der Waals surface area contributed by atoms with Gasteiger partial charge in [0, 0.05) is 11.8 Å². The van der Waals surface area contributed by atoms with Crippen molar-refractivity contribution in [1.29, 1.82) is 0 Å². The molecule has 3 fully saturated rings. The second-order valence-corrected chi connectivity index (χ2v) is 9.77. The largest absolute Gasteiger partial charge is 0.377 e. The molecule has 0 amide bonds. The molecule has 27 heavy (non-hydrogen) atoms. The Hall–Kier alpha value is -1.26. The number of halogens is 1. The predicted octanol–water partition coefficient (Wildman–Crippen LogP) is 3.40. The number of Topliss-reactive ketones (excluding diaryl/α,β-unsaturated/α-hetero) is 2. The van der Waals surface area contributed by atoms with E-state index in [1.807, 2.05) is 6.92 Å². The molecule has 5 heteroatoms. The van der Waals surface area contributed by atoms with Crippen molar-refractivity contribution in [3.63, 3.8) is 0 Å². The molecule has 4 aliphatic carbocycles. The maximum absolute atomic E-state index is 12.6. The Balaban J connectivity index is 1.74. The van der Waals surface area contributed by atoms with Gasteiger partial charge in [-0.25, -0.2) is 0 Å². The maximum atomic E-state index is 12.6. The second-order valence-electron chi connectivity index (χ2n) is 9.50. The quantitative estimate of drug-likeness (QED) is 0.445. The van der Waals surface area contributed by atoms with Crippen molar-refractivity contribution in [2.24, 2.45) is 28.6 Å². The number of carbonyl (C=O) groups excluding carboxylic acids is 3. The molecule has 0 spiro atoms. The summed E-state index contributed by atoms with van der Waals surface area (Å²) in [4.78, 5) is 36.7. The number of aliphatic hydroxyl groups is 1. The highest BCUT2D eigenvalue weighted by Crippen LogP contribution is 2.68. The first kappa shape index (κ1) is 19.1. The summed E-state index contributed by atoms with van der Waals surface area (Å²) >= 11 is 5.83. The van der Waals surface area contributed by atoms with E-state index in [2.05, 4.69) is 13.5 Å². The summed E-state index contributed by atoms with van der Waals surface area (Å²) in [5.74, 6) is -0.481. The molecular formula is C22H27ClO4. The minimum absolute atomic E-state index is 0.145. The molecule has 0 aromatic carbocycles. The fraction of sp³-hybridized carbons (Fsp3) is 0.682. The van der Waals surface area contributed by atoms with Crippen molar-refractivity contribution in [3.05, 3.63) is 23.8 Å². The Morgan fingerprint density at radius 3 is 2.67 bits per heavy atom. The fourth-order valence-electron chi connectivity index (χ4n) is 7.04. The summed E-state index contributed by atoms with van der Waals surface area (Å²) in [6.45, 7) is 8.21. The molecule has 0 radical (unpaired) electrons. The zero-order chi connectivity index (χ0) is 19.8. The summed E-state index contributed by atoms with van der Waals surface area (Å²) in [6.07, 6.45) is 5.74. The van der Waals surface area contributed by atoms with Gasteiger partial charge in [0.1, 0.15) is 0 Å². The molecule has 3 saturated carbocycles. The van der Waals surface area contributed by atoms with E-state index < -0.39 is 11.0 Å². The van der Waals surface area contributed by atoms with E-state index >= 15 is 0 Å².